The molecule has 0 bridgehead atoms. The molecule has 184 valence electrons. The number of ether oxygens (including phenoxy) is 1. The molecule has 0 aromatic heterocycles. The summed E-state index contributed by atoms with van der Waals surface area (Å²) in [6.07, 6.45) is 0.365. The maximum atomic E-state index is 13.5. The van der Waals surface area contributed by atoms with Crippen LogP contribution in [0.5, 0.6) is 5.75 Å². The van der Waals surface area contributed by atoms with Gasteiger partial charge < -0.3 is 15.0 Å². The van der Waals surface area contributed by atoms with Gasteiger partial charge in [-0.15, -0.1) is 0 Å². The quantitative estimate of drug-likeness (QED) is 0.333. The Hall–Kier alpha value is -2.83. The molecule has 0 unspecified atom stereocenters. The van der Waals surface area contributed by atoms with Crippen molar-refractivity contribution in [1.82, 2.24) is 10.2 Å². The molecular weight excluding hydrogens is 528 g/mol. The summed E-state index contributed by atoms with van der Waals surface area (Å²) in [5, 5.41) is 3.24. The summed E-state index contributed by atoms with van der Waals surface area (Å²) in [7, 11) is 1.57. The van der Waals surface area contributed by atoms with Gasteiger partial charge in [-0.2, -0.15) is 0 Å². The fraction of sp³-hybridized carbons (Fsp3) is 0.286. The summed E-state index contributed by atoms with van der Waals surface area (Å²) in [4.78, 5) is 28.1. The lowest BCUT2D eigenvalue weighted by Crippen LogP contribution is -2.51. The third-order valence-corrected chi connectivity index (χ3v) is 6.78. The first-order chi connectivity index (χ1) is 16.8. The molecule has 0 spiro atoms. The lowest BCUT2D eigenvalue weighted by Gasteiger charge is -2.31. The highest BCUT2D eigenvalue weighted by Crippen LogP contribution is 2.29. The number of amides is 2. The normalized spacial score (nSPS) is 11.7. The molecule has 0 aliphatic heterocycles. The van der Waals surface area contributed by atoms with Crippen LogP contribution in [0.1, 0.15) is 36.5 Å². The van der Waals surface area contributed by atoms with E-state index in [1.807, 2.05) is 66.7 Å². The van der Waals surface area contributed by atoms with Crippen LogP contribution in [0.15, 0.2) is 77.3 Å². The number of carbonyl (C=O) groups excluding carboxylic acids is 2. The van der Waals surface area contributed by atoms with Gasteiger partial charge in [0.1, 0.15) is 11.8 Å². The number of benzene rings is 3. The van der Waals surface area contributed by atoms with E-state index in [2.05, 4.69) is 35.1 Å². The molecule has 35 heavy (non-hydrogen) atoms. The first-order valence-corrected chi connectivity index (χ1v) is 12.7. The van der Waals surface area contributed by atoms with Gasteiger partial charge >= 0.3 is 0 Å². The van der Waals surface area contributed by atoms with E-state index < -0.39 is 6.04 Å². The van der Waals surface area contributed by atoms with Gasteiger partial charge in [-0.1, -0.05) is 80.0 Å². The van der Waals surface area contributed by atoms with E-state index in [0.717, 1.165) is 15.6 Å². The number of halogens is 2. The third kappa shape index (κ3) is 7.33. The van der Waals surface area contributed by atoms with Crippen LogP contribution in [0.2, 0.25) is 5.02 Å². The van der Waals surface area contributed by atoms with Crippen LogP contribution in [-0.2, 0) is 22.6 Å². The van der Waals surface area contributed by atoms with E-state index in [9.17, 15) is 9.59 Å². The Morgan fingerprint density at radius 1 is 1.03 bits per heavy atom. The largest absolute Gasteiger partial charge is 0.483 e. The number of hydrogen-bond acceptors (Lipinski definition) is 3. The van der Waals surface area contributed by atoms with Gasteiger partial charge in [-0.3, -0.25) is 9.59 Å². The zero-order chi connectivity index (χ0) is 25.4. The monoisotopic (exact) mass is 556 g/mol. The molecule has 3 rings (SSSR count). The average molecular weight is 558 g/mol. The van der Waals surface area contributed by atoms with Gasteiger partial charge in [0.15, 0.2) is 6.61 Å². The minimum atomic E-state index is -0.735. The number of rotatable bonds is 10. The van der Waals surface area contributed by atoms with Gasteiger partial charge in [-0.25, -0.2) is 0 Å². The van der Waals surface area contributed by atoms with Crippen molar-refractivity contribution in [3.63, 3.8) is 0 Å². The van der Waals surface area contributed by atoms with Gasteiger partial charge in [0.2, 0.25) is 5.91 Å². The van der Waals surface area contributed by atoms with Crippen LogP contribution < -0.4 is 10.1 Å². The van der Waals surface area contributed by atoms with Crippen molar-refractivity contribution in [2.24, 2.45) is 0 Å². The zero-order valence-electron chi connectivity index (χ0n) is 20.1. The average Bonchev–Trinajstić information content (AvgIpc) is 2.86. The molecule has 5 nitrogen and oxygen atoms in total. The van der Waals surface area contributed by atoms with Crippen LogP contribution in [-0.4, -0.2) is 36.4 Å². The standard InChI is InChI=1S/C28H30BrClN2O3/c1-19(2)21-13-14-26(23(29)16-21)35-18-27(33)32(17-22-11-7-8-12-24(22)30)25(28(34)31-3)15-20-9-5-4-6-10-20/h4-14,16,19,25H,15,17-18H2,1-3H3,(H,31,34)/t25-/m1/s1. The molecule has 0 aliphatic carbocycles. The highest BCUT2D eigenvalue weighted by Gasteiger charge is 2.30. The summed E-state index contributed by atoms with van der Waals surface area (Å²) in [5.74, 6) is 0.380. The molecule has 3 aromatic carbocycles. The molecule has 0 saturated heterocycles. The second-order valence-electron chi connectivity index (χ2n) is 8.57. The Labute approximate surface area is 220 Å². The van der Waals surface area contributed by atoms with E-state index in [1.165, 1.54) is 5.56 Å². The van der Waals surface area contributed by atoms with Gasteiger partial charge in [0.25, 0.3) is 5.91 Å². The highest BCUT2D eigenvalue weighted by atomic mass is 79.9. The van der Waals surface area contributed by atoms with Crippen molar-refractivity contribution in [3.8, 4) is 5.75 Å². The lowest BCUT2D eigenvalue weighted by atomic mass is 10.0. The summed E-state index contributed by atoms with van der Waals surface area (Å²) >= 11 is 9.95. The minimum absolute atomic E-state index is 0.181. The van der Waals surface area contributed by atoms with Crippen LogP contribution in [0.3, 0.4) is 0 Å². The SMILES string of the molecule is CNC(=O)[C@@H](Cc1ccccc1)N(Cc1ccccc1Cl)C(=O)COc1ccc(C(C)C)cc1Br. The molecule has 0 radical (unpaired) electrons. The maximum absolute atomic E-state index is 13.5. The molecule has 0 aliphatic rings. The minimum Gasteiger partial charge on any atom is -0.483 e. The molecule has 7 heteroatoms. The maximum Gasteiger partial charge on any atom is 0.261 e. The van der Waals surface area contributed by atoms with Gasteiger partial charge in [0, 0.05) is 25.0 Å². The number of nitrogens with one attached hydrogen (secondary N) is 1. The van der Waals surface area contributed by atoms with Crippen LogP contribution in [0.4, 0.5) is 0 Å². The number of hydrogen-bond donors (Lipinski definition) is 1. The van der Waals surface area contributed by atoms with Crippen molar-refractivity contribution < 1.29 is 14.3 Å². The third-order valence-electron chi connectivity index (χ3n) is 5.79. The predicted molar refractivity (Wildman–Crippen MR) is 144 cm³/mol. The van der Waals surface area contributed by atoms with Crippen LogP contribution in [0, 0.1) is 0 Å². The Morgan fingerprint density at radius 3 is 2.34 bits per heavy atom. The number of carbonyl (C=O) groups is 2. The molecule has 1 atom stereocenters. The van der Waals surface area contributed by atoms with E-state index >= 15 is 0 Å². The summed E-state index contributed by atoms with van der Waals surface area (Å²) in [6.45, 7) is 4.20. The summed E-state index contributed by atoms with van der Waals surface area (Å²) in [5.41, 5.74) is 2.87. The first-order valence-electron chi connectivity index (χ1n) is 11.5. The van der Waals surface area contributed by atoms with E-state index in [0.29, 0.717) is 23.1 Å². The van der Waals surface area contributed by atoms with Gasteiger partial charge in [0.05, 0.1) is 4.47 Å². The summed E-state index contributed by atoms with van der Waals surface area (Å²) in [6, 6.07) is 22.1. The molecule has 1 N–H and O–H groups in total. The number of nitrogens with zero attached hydrogens (tertiary/aromatic N) is 1. The van der Waals surface area contributed by atoms with Crippen molar-refractivity contribution in [2.75, 3.05) is 13.7 Å². The second-order valence-corrected chi connectivity index (χ2v) is 9.83. The Kier molecular flexibility index (Phi) is 9.75. The zero-order valence-corrected chi connectivity index (χ0v) is 22.5. The Bertz CT molecular complexity index is 1150. The fourth-order valence-corrected chi connectivity index (χ4v) is 4.45. The van der Waals surface area contributed by atoms with Crippen molar-refractivity contribution in [3.05, 3.63) is 99.0 Å². The Balaban J connectivity index is 1.88. The molecule has 0 fully saturated rings. The Morgan fingerprint density at radius 2 is 1.71 bits per heavy atom. The predicted octanol–water partition coefficient (Wildman–Crippen LogP) is 5.99. The van der Waals surface area contributed by atoms with E-state index in [1.54, 1.807) is 18.0 Å². The van der Waals surface area contributed by atoms with Crippen LogP contribution >= 0.6 is 27.5 Å². The smallest absolute Gasteiger partial charge is 0.261 e. The lowest BCUT2D eigenvalue weighted by molar-refractivity contribution is -0.142. The topological polar surface area (TPSA) is 58.6 Å². The van der Waals surface area contributed by atoms with Crippen molar-refractivity contribution >= 4 is 39.3 Å². The van der Waals surface area contributed by atoms with E-state index in [4.69, 9.17) is 16.3 Å². The molecule has 0 heterocycles. The van der Waals surface area contributed by atoms with Crippen LogP contribution in [0.25, 0.3) is 0 Å². The van der Waals surface area contributed by atoms with Crippen molar-refractivity contribution in [1.29, 1.82) is 0 Å². The summed E-state index contributed by atoms with van der Waals surface area (Å²) < 4.78 is 6.67. The second kappa shape index (κ2) is 12.8. The fourth-order valence-electron chi connectivity index (χ4n) is 3.75. The van der Waals surface area contributed by atoms with E-state index in [-0.39, 0.29) is 25.0 Å². The van der Waals surface area contributed by atoms with Crippen molar-refractivity contribution in [2.45, 2.75) is 38.8 Å². The molecular formula is C28H30BrClN2O3. The first kappa shape index (κ1) is 26.8. The highest BCUT2D eigenvalue weighted by molar-refractivity contribution is 9.10. The molecule has 0 saturated carbocycles. The number of likely N-dealkylation sites (N-methyl/N-ethyl adjacent to an activating group) is 1. The van der Waals surface area contributed by atoms with Gasteiger partial charge in [-0.05, 0) is 56.7 Å². The molecule has 2 amide bonds. The molecule has 3 aromatic rings.